The van der Waals surface area contributed by atoms with E-state index in [4.69, 9.17) is 23.1 Å². The van der Waals surface area contributed by atoms with E-state index in [0.717, 1.165) is 12.1 Å². The van der Waals surface area contributed by atoms with Crippen molar-refractivity contribution in [1.29, 1.82) is 0 Å². The first-order valence-corrected chi connectivity index (χ1v) is 4.54. The summed E-state index contributed by atoms with van der Waals surface area (Å²) in [5, 5.41) is -0.258. The minimum atomic E-state index is -0.671. The lowest BCUT2D eigenvalue weighted by Crippen LogP contribution is -2.17. The van der Waals surface area contributed by atoms with Crippen LogP contribution in [-0.4, -0.2) is 6.54 Å². The number of hydrogen-bond acceptors (Lipinski definition) is 2. The normalized spacial score (nSPS) is 12.9. The van der Waals surface area contributed by atoms with Crippen LogP contribution in [0.5, 0.6) is 0 Å². The Labute approximate surface area is 85.8 Å². The van der Waals surface area contributed by atoms with Crippen LogP contribution in [-0.2, 0) is 0 Å². The summed E-state index contributed by atoms with van der Waals surface area (Å²) in [6.07, 6.45) is 0.361. The lowest BCUT2D eigenvalue weighted by molar-refractivity contribution is 0.551. The Morgan fingerprint density at radius 1 is 1.29 bits per heavy atom. The first-order valence-electron chi connectivity index (χ1n) is 4.17. The maximum Gasteiger partial charge on any atom is 0.142 e. The van der Waals surface area contributed by atoms with E-state index < -0.39 is 17.7 Å². The predicted octanol–water partition coefficient (Wildman–Crippen LogP) is 1.97. The van der Waals surface area contributed by atoms with E-state index >= 15 is 0 Å². The van der Waals surface area contributed by atoms with Crippen molar-refractivity contribution in [2.24, 2.45) is 11.5 Å². The molecule has 4 N–H and O–H groups in total. The Morgan fingerprint density at radius 3 is 2.43 bits per heavy atom. The van der Waals surface area contributed by atoms with Gasteiger partial charge in [0.15, 0.2) is 0 Å². The van der Waals surface area contributed by atoms with Crippen molar-refractivity contribution >= 4 is 11.6 Å². The summed E-state index contributed by atoms with van der Waals surface area (Å²) in [7, 11) is 0. The smallest absolute Gasteiger partial charge is 0.142 e. The number of benzene rings is 1. The number of hydrogen-bond donors (Lipinski definition) is 2. The molecule has 1 rings (SSSR count). The molecule has 1 aromatic carbocycles. The predicted molar refractivity (Wildman–Crippen MR) is 52.0 cm³/mol. The summed E-state index contributed by atoms with van der Waals surface area (Å²) in [5.41, 5.74) is 10.9. The first kappa shape index (κ1) is 11.4. The van der Waals surface area contributed by atoms with Gasteiger partial charge < -0.3 is 11.5 Å². The van der Waals surface area contributed by atoms with Gasteiger partial charge in [0.05, 0.1) is 5.02 Å². The minimum absolute atomic E-state index is 0.00267. The molecule has 5 heteroatoms. The van der Waals surface area contributed by atoms with Crippen LogP contribution in [0.25, 0.3) is 0 Å². The largest absolute Gasteiger partial charge is 0.330 e. The van der Waals surface area contributed by atoms with E-state index in [1.807, 2.05) is 0 Å². The molecule has 1 atom stereocenters. The van der Waals surface area contributed by atoms with Crippen LogP contribution in [0, 0.1) is 11.6 Å². The van der Waals surface area contributed by atoms with Gasteiger partial charge in [-0.05, 0) is 25.1 Å². The van der Waals surface area contributed by atoms with Crippen LogP contribution in [0.15, 0.2) is 12.1 Å². The Hall–Kier alpha value is -0.710. The Balaban J connectivity index is 3.11. The summed E-state index contributed by atoms with van der Waals surface area (Å²) in [6, 6.07) is 1.31. The second-order valence-corrected chi connectivity index (χ2v) is 3.32. The Morgan fingerprint density at radius 2 is 1.86 bits per heavy atom. The van der Waals surface area contributed by atoms with Gasteiger partial charge >= 0.3 is 0 Å². The molecule has 0 aliphatic heterocycles. The molecule has 0 unspecified atom stereocenters. The third-order valence-electron chi connectivity index (χ3n) is 1.93. The molecule has 0 saturated carbocycles. The third kappa shape index (κ3) is 2.20. The van der Waals surface area contributed by atoms with Gasteiger partial charge in [0, 0.05) is 11.6 Å². The third-order valence-corrected chi connectivity index (χ3v) is 2.31. The van der Waals surface area contributed by atoms with Crippen molar-refractivity contribution in [3.05, 3.63) is 34.4 Å². The molecule has 0 radical (unpaired) electrons. The first-order chi connectivity index (χ1) is 6.57. The van der Waals surface area contributed by atoms with E-state index in [1.165, 1.54) is 0 Å². The van der Waals surface area contributed by atoms with Gasteiger partial charge in [0.25, 0.3) is 0 Å². The Bertz CT molecular complexity index is 331. The number of halogens is 3. The fourth-order valence-electron chi connectivity index (χ4n) is 1.21. The highest BCUT2D eigenvalue weighted by molar-refractivity contribution is 6.31. The molecule has 78 valence electrons. The van der Waals surface area contributed by atoms with Gasteiger partial charge in [0.2, 0.25) is 0 Å². The molecular weight excluding hydrogens is 210 g/mol. The summed E-state index contributed by atoms with van der Waals surface area (Å²) in [5.74, 6) is -1.27. The molecule has 0 heterocycles. The standard InChI is InChI=1S/C9H11ClF2N2/c10-9-6(12)2-1-5(11)8(9)7(14)3-4-13/h1-2,7H,3-4,13-14H2/t7-/m0/s1. The van der Waals surface area contributed by atoms with Crippen molar-refractivity contribution in [3.63, 3.8) is 0 Å². The van der Waals surface area contributed by atoms with Crippen LogP contribution in [0.1, 0.15) is 18.0 Å². The summed E-state index contributed by atoms with van der Waals surface area (Å²) >= 11 is 5.59. The van der Waals surface area contributed by atoms with Crippen molar-refractivity contribution < 1.29 is 8.78 Å². The average Bonchev–Trinajstić information content (AvgIpc) is 2.13. The SMILES string of the molecule is NCC[C@H](N)c1c(F)ccc(F)c1Cl. The quantitative estimate of drug-likeness (QED) is 0.766. The van der Waals surface area contributed by atoms with Gasteiger partial charge in [-0.25, -0.2) is 8.78 Å². The lowest BCUT2D eigenvalue weighted by atomic mass is 10.0. The molecule has 0 fully saturated rings. The van der Waals surface area contributed by atoms with Crippen molar-refractivity contribution in [1.82, 2.24) is 0 Å². The molecule has 0 aliphatic rings. The minimum Gasteiger partial charge on any atom is -0.330 e. The second-order valence-electron chi connectivity index (χ2n) is 2.94. The highest BCUT2D eigenvalue weighted by Gasteiger charge is 2.17. The Kier molecular flexibility index (Phi) is 3.80. The second kappa shape index (κ2) is 4.68. The van der Waals surface area contributed by atoms with Crippen LogP contribution in [0.2, 0.25) is 5.02 Å². The maximum absolute atomic E-state index is 13.2. The van der Waals surface area contributed by atoms with E-state index in [1.54, 1.807) is 0 Å². The lowest BCUT2D eigenvalue weighted by Gasteiger charge is -2.13. The van der Waals surface area contributed by atoms with E-state index in [-0.39, 0.29) is 10.6 Å². The van der Waals surface area contributed by atoms with Crippen molar-refractivity contribution in [3.8, 4) is 0 Å². The van der Waals surface area contributed by atoms with E-state index in [2.05, 4.69) is 0 Å². The molecule has 0 saturated heterocycles. The number of rotatable bonds is 3. The molecule has 0 amide bonds. The highest BCUT2D eigenvalue weighted by atomic mass is 35.5. The molecule has 0 spiro atoms. The molecule has 14 heavy (non-hydrogen) atoms. The van der Waals surface area contributed by atoms with Crippen LogP contribution >= 0.6 is 11.6 Å². The fraction of sp³-hybridized carbons (Fsp3) is 0.333. The summed E-state index contributed by atoms with van der Waals surface area (Å²) in [4.78, 5) is 0. The van der Waals surface area contributed by atoms with Gasteiger partial charge in [-0.1, -0.05) is 11.6 Å². The van der Waals surface area contributed by atoms with Gasteiger partial charge in [-0.15, -0.1) is 0 Å². The van der Waals surface area contributed by atoms with Crippen LogP contribution in [0.3, 0.4) is 0 Å². The number of nitrogens with two attached hydrogens (primary N) is 2. The zero-order valence-corrected chi connectivity index (χ0v) is 8.19. The van der Waals surface area contributed by atoms with Crippen LogP contribution < -0.4 is 11.5 Å². The molecular formula is C9H11ClF2N2. The van der Waals surface area contributed by atoms with Gasteiger partial charge in [0.1, 0.15) is 11.6 Å². The fourth-order valence-corrected chi connectivity index (χ4v) is 1.50. The molecule has 2 nitrogen and oxygen atoms in total. The molecule has 0 aromatic heterocycles. The summed E-state index contributed by atoms with van der Waals surface area (Å²) in [6.45, 7) is 0.299. The maximum atomic E-state index is 13.2. The summed E-state index contributed by atoms with van der Waals surface area (Å²) < 4.78 is 26.2. The molecule has 1 aromatic rings. The van der Waals surface area contributed by atoms with E-state index in [9.17, 15) is 8.78 Å². The van der Waals surface area contributed by atoms with Crippen LogP contribution in [0.4, 0.5) is 8.78 Å². The van der Waals surface area contributed by atoms with Crippen molar-refractivity contribution in [2.75, 3.05) is 6.54 Å². The topological polar surface area (TPSA) is 52.0 Å². The highest BCUT2D eigenvalue weighted by Crippen LogP contribution is 2.28. The molecule has 0 aliphatic carbocycles. The van der Waals surface area contributed by atoms with Gasteiger partial charge in [-0.2, -0.15) is 0 Å². The average molecular weight is 221 g/mol. The van der Waals surface area contributed by atoms with E-state index in [0.29, 0.717) is 13.0 Å². The zero-order chi connectivity index (χ0) is 10.7. The van der Waals surface area contributed by atoms with Crippen molar-refractivity contribution in [2.45, 2.75) is 12.5 Å². The molecule has 0 bridgehead atoms. The zero-order valence-electron chi connectivity index (χ0n) is 7.43. The van der Waals surface area contributed by atoms with Gasteiger partial charge in [-0.3, -0.25) is 0 Å². The monoisotopic (exact) mass is 220 g/mol.